The number of carbonyl (C=O) groups is 2. The van der Waals surface area contributed by atoms with Crippen LogP contribution in [-0.2, 0) is 17.6 Å². The van der Waals surface area contributed by atoms with Crippen molar-refractivity contribution in [2.45, 2.75) is 38.7 Å². The Kier molecular flexibility index (Phi) is 6.57. The zero-order valence-electron chi connectivity index (χ0n) is 16.2. The van der Waals surface area contributed by atoms with E-state index in [-0.39, 0.29) is 12.2 Å². The van der Waals surface area contributed by atoms with Crippen LogP contribution in [-0.4, -0.2) is 33.1 Å². The van der Waals surface area contributed by atoms with Crippen molar-refractivity contribution >= 4 is 11.8 Å². The number of aliphatic hydroxyl groups is 1. The standard InChI is InChI=1S/C23H23NO5/c1-15-19(24-22(29-15)18-5-3-2-4-6-18)12-14-20(25)17-10-7-16(8-11-17)9-13-21(26)23(27)28/h2-8,10-11,21,26H,9,12-14H2,1H3,(H,27,28). The van der Waals surface area contributed by atoms with E-state index in [0.29, 0.717) is 36.5 Å². The molecule has 2 N–H and O–H groups in total. The van der Waals surface area contributed by atoms with E-state index in [1.165, 1.54) is 0 Å². The molecule has 6 nitrogen and oxygen atoms in total. The number of hydrogen-bond acceptors (Lipinski definition) is 5. The number of carboxylic acid groups (broad SMARTS) is 1. The first-order valence-corrected chi connectivity index (χ1v) is 9.49. The monoisotopic (exact) mass is 393 g/mol. The average molecular weight is 393 g/mol. The number of carbonyl (C=O) groups excluding carboxylic acids is 1. The molecule has 2 aromatic carbocycles. The summed E-state index contributed by atoms with van der Waals surface area (Å²) < 4.78 is 5.73. The van der Waals surface area contributed by atoms with Gasteiger partial charge in [-0.3, -0.25) is 4.79 Å². The van der Waals surface area contributed by atoms with Crippen LogP contribution in [0.2, 0.25) is 0 Å². The molecule has 3 rings (SSSR count). The molecule has 0 aliphatic rings. The third-order valence-electron chi connectivity index (χ3n) is 4.77. The number of aliphatic carboxylic acids is 1. The van der Waals surface area contributed by atoms with Gasteiger partial charge in [-0.1, -0.05) is 42.5 Å². The number of ketones is 1. The Hall–Kier alpha value is -3.25. The maximum Gasteiger partial charge on any atom is 0.332 e. The molecule has 0 fully saturated rings. The molecule has 0 bridgehead atoms. The fourth-order valence-corrected chi connectivity index (χ4v) is 3.02. The number of Topliss-reactive ketones (excluding diaryl/α,β-unsaturated/α-hetero) is 1. The SMILES string of the molecule is Cc1oc(-c2ccccc2)nc1CCC(=O)c1ccc(CCC(O)C(=O)O)cc1. The fourth-order valence-electron chi connectivity index (χ4n) is 3.02. The van der Waals surface area contributed by atoms with Gasteiger partial charge in [0.05, 0.1) is 5.69 Å². The minimum atomic E-state index is -1.37. The van der Waals surface area contributed by atoms with Gasteiger partial charge in [-0.25, -0.2) is 9.78 Å². The normalized spacial score (nSPS) is 11.9. The first-order chi connectivity index (χ1) is 13.9. The van der Waals surface area contributed by atoms with Gasteiger partial charge < -0.3 is 14.6 Å². The van der Waals surface area contributed by atoms with Crippen molar-refractivity contribution < 1.29 is 24.2 Å². The highest BCUT2D eigenvalue weighted by molar-refractivity contribution is 5.96. The average Bonchev–Trinajstić information content (AvgIpc) is 3.11. The van der Waals surface area contributed by atoms with E-state index >= 15 is 0 Å². The summed E-state index contributed by atoms with van der Waals surface area (Å²) in [7, 11) is 0. The number of aryl methyl sites for hydroxylation is 3. The maximum absolute atomic E-state index is 12.5. The highest BCUT2D eigenvalue weighted by atomic mass is 16.4. The molecular weight excluding hydrogens is 370 g/mol. The lowest BCUT2D eigenvalue weighted by Crippen LogP contribution is -2.19. The molecule has 0 aliphatic carbocycles. The van der Waals surface area contributed by atoms with Gasteiger partial charge in [-0.2, -0.15) is 0 Å². The highest BCUT2D eigenvalue weighted by Crippen LogP contribution is 2.22. The van der Waals surface area contributed by atoms with Crippen molar-refractivity contribution in [2.75, 3.05) is 0 Å². The van der Waals surface area contributed by atoms with Crippen LogP contribution in [0.5, 0.6) is 0 Å². The number of hydrogen-bond donors (Lipinski definition) is 2. The summed E-state index contributed by atoms with van der Waals surface area (Å²) in [5.74, 6) is 0.0450. The van der Waals surface area contributed by atoms with Gasteiger partial charge in [0.25, 0.3) is 0 Å². The summed E-state index contributed by atoms with van der Waals surface area (Å²) in [6, 6.07) is 16.7. The lowest BCUT2D eigenvalue weighted by molar-refractivity contribution is -0.146. The van der Waals surface area contributed by atoms with E-state index < -0.39 is 12.1 Å². The molecule has 1 unspecified atom stereocenters. The predicted octanol–water partition coefficient (Wildman–Crippen LogP) is 3.84. The lowest BCUT2D eigenvalue weighted by Gasteiger charge is -2.06. The van der Waals surface area contributed by atoms with Crippen LogP contribution in [0.3, 0.4) is 0 Å². The summed E-state index contributed by atoms with van der Waals surface area (Å²) in [6.07, 6.45) is 0.00891. The van der Waals surface area contributed by atoms with E-state index in [1.54, 1.807) is 24.3 Å². The molecular formula is C23H23NO5. The van der Waals surface area contributed by atoms with Gasteiger partial charge in [0.2, 0.25) is 5.89 Å². The quantitative estimate of drug-likeness (QED) is 0.536. The molecule has 0 radical (unpaired) electrons. The third-order valence-corrected chi connectivity index (χ3v) is 4.77. The zero-order chi connectivity index (χ0) is 20.8. The molecule has 0 aliphatic heterocycles. The van der Waals surface area contributed by atoms with Gasteiger partial charge in [-0.05, 0) is 37.5 Å². The van der Waals surface area contributed by atoms with E-state index in [2.05, 4.69) is 4.98 Å². The first kappa shape index (κ1) is 20.5. The van der Waals surface area contributed by atoms with Crippen LogP contribution in [0, 0.1) is 6.92 Å². The molecule has 150 valence electrons. The third kappa shape index (κ3) is 5.39. The molecule has 29 heavy (non-hydrogen) atoms. The molecule has 1 heterocycles. The van der Waals surface area contributed by atoms with Gasteiger partial charge >= 0.3 is 5.97 Å². The van der Waals surface area contributed by atoms with Crippen molar-refractivity contribution in [2.24, 2.45) is 0 Å². The molecule has 1 atom stereocenters. The summed E-state index contributed by atoms with van der Waals surface area (Å²) in [6.45, 7) is 1.85. The molecule has 0 saturated heterocycles. The summed E-state index contributed by atoms with van der Waals surface area (Å²) in [5, 5.41) is 18.0. The van der Waals surface area contributed by atoms with E-state index in [1.807, 2.05) is 37.3 Å². The number of aliphatic hydroxyl groups excluding tert-OH is 1. The second-order valence-electron chi connectivity index (χ2n) is 6.90. The zero-order valence-corrected chi connectivity index (χ0v) is 16.2. The van der Waals surface area contributed by atoms with Crippen LogP contribution >= 0.6 is 0 Å². The second-order valence-corrected chi connectivity index (χ2v) is 6.90. The minimum Gasteiger partial charge on any atom is -0.479 e. The topological polar surface area (TPSA) is 101 Å². The molecule has 1 aromatic heterocycles. The Morgan fingerprint density at radius 1 is 1.03 bits per heavy atom. The van der Waals surface area contributed by atoms with Crippen LogP contribution in [0.25, 0.3) is 11.5 Å². The number of benzene rings is 2. The van der Waals surface area contributed by atoms with Crippen LogP contribution in [0.4, 0.5) is 0 Å². The highest BCUT2D eigenvalue weighted by Gasteiger charge is 2.15. The number of oxazole rings is 1. The Balaban J connectivity index is 1.57. The maximum atomic E-state index is 12.5. The predicted molar refractivity (Wildman–Crippen MR) is 108 cm³/mol. The van der Waals surface area contributed by atoms with Crippen LogP contribution in [0.15, 0.2) is 59.0 Å². The van der Waals surface area contributed by atoms with Crippen molar-refractivity contribution in [1.82, 2.24) is 4.98 Å². The Bertz CT molecular complexity index is 976. The smallest absolute Gasteiger partial charge is 0.332 e. The molecule has 0 amide bonds. The Morgan fingerprint density at radius 2 is 1.72 bits per heavy atom. The van der Waals surface area contributed by atoms with Crippen LogP contribution < -0.4 is 0 Å². The van der Waals surface area contributed by atoms with E-state index in [4.69, 9.17) is 9.52 Å². The van der Waals surface area contributed by atoms with Crippen molar-refractivity contribution in [3.8, 4) is 11.5 Å². The number of aromatic nitrogens is 1. The van der Waals surface area contributed by atoms with Gasteiger partial charge in [0, 0.05) is 24.0 Å². The lowest BCUT2D eigenvalue weighted by atomic mass is 10.0. The van der Waals surface area contributed by atoms with E-state index in [9.17, 15) is 14.7 Å². The molecule has 0 saturated carbocycles. The largest absolute Gasteiger partial charge is 0.479 e. The Morgan fingerprint density at radius 3 is 2.38 bits per heavy atom. The summed E-state index contributed by atoms with van der Waals surface area (Å²) in [5.41, 5.74) is 3.15. The molecule has 6 heteroatoms. The molecule has 0 spiro atoms. The first-order valence-electron chi connectivity index (χ1n) is 9.49. The number of rotatable bonds is 9. The summed E-state index contributed by atoms with van der Waals surface area (Å²) >= 11 is 0. The minimum absolute atomic E-state index is 0.00535. The van der Waals surface area contributed by atoms with Crippen LogP contribution in [0.1, 0.15) is 40.2 Å². The second kappa shape index (κ2) is 9.30. The number of nitrogens with zero attached hydrogens (tertiary/aromatic N) is 1. The fraction of sp³-hybridized carbons (Fsp3) is 0.261. The number of carboxylic acids is 1. The Labute approximate surface area is 168 Å². The van der Waals surface area contributed by atoms with Gasteiger partial charge in [0.15, 0.2) is 11.9 Å². The molecule has 3 aromatic rings. The van der Waals surface area contributed by atoms with Crippen molar-refractivity contribution in [3.63, 3.8) is 0 Å². The van der Waals surface area contributed by atoms with Gasteiger partial charge in [0.1, 0.15) is 5.76 Å². The van der Waals surface area contributed by atoms with E-state index in [0.717, 1.165) is 16.8 Å². The summed E-state index contributed by atoms with van der Waals surface area (Å²) in [4.78, 5) is 27.7. The van der Waals surface area contributed by atoms with Gasteiger partial charge in [-0.15, -0.1) is 0 Å². The van der Waals surface area contributed by atoms with Crippen molar-refractivity contribution in [1.29, 1.82) is 0 Å². The van der Waals surface area contributed by atoms with Crippen molar-refractivity contribution in [3.05, 3.63) is 77.2 Å².